The van der Waals surface area contributed by atoms with Gasteiger partial charge in [-0.05, 0) is 55.3 Å². The Hall–Kier alpha value is -4.47. The number of para-hydroxylation sites is 2. The number of nitrogens with one attached hydrogen (secondary N) is 1. The van der Waals surface area contributed by atoms with E-state index < -0.39 is 17.8 Å². The third-order valence-corrected chi connectivity index (χ3v) is 7.01. The van der Waals surface area contributed by atoms with Crippen LogP contribution in [-0.2, 0) is 16.1 Å². The summed E-state index contributed by atoms with van der Waals surface area (Å²) >= 11 is 0. The van der Waals surface area contributed by atoms with Crippen molar-refractivity contribution in [1.29, 1.82) is 0 Å². The van der Waals surface area contributed by atoms with E-state index in [9.17, 15) is 14.0 Å². The van der Waals surface area contributed by atoms with Gasteiger partial charge >= 0.3 is 0 Å². The van der Waals surface area contributed by atoms with Crippen molar-refractivity contribution in [2.75, 3.05) is 19.1 Å². The fourth-order valence-electron chi connectivity index (χ4n) is 5.15. The van der Waals surface area contributed by atoms with E-state index in [0.717, 1.165) is 25.7 Å². The number of aromatic nitrogens is 3. The van der Waals surface area contributed by atoms with Crippen molar-refractivity contribution in [2.45, 2.75) is 44.3 Å². The zero-order valence-corrected chi connectivity index (χ0v) is 21.8. The summed E-state index contributed by atoms with van der Waals surface area (Å²) in [7, 11) is 2.99. The Labute approximate surface area is 225 Å². The highest BCUT2D eigenvalue weighted by atomic mass is 19.1. The van der Waals surface area contributed by atoms with E-state index in [2.05, 4.69) is 15.6 Å². The fraction of sp³-hybridized carbons (Fsp3) is 0.310. The van der Waals surface area contributed by atoms with Gasteiger partial charge in [0.15, 0.2) is 11.5 Å². The number of hydrogen-bond acceptors (Lipinski definition) is 6. The van der Waals surface area contributed by atoms with Crippen molar-refractivity contribution < 1.29 is 23.5 Å². The lowest BCUT2D eigenvalue weighted by Crippen LogP contribution is -2.47. The average Bonchev–Trinajstić information content (AvgIpc) is 3.62. The van der Waals surface area contributed by atoms with Gasteiger partial charge in [-0.3, -0.25) is 14.5 Å². The second-order valence-corrected chi connectivity index (χ2v) is 9.45. The van der Waals surface area contributed by atoms with Crippen LogP contribution in [0.2, 0.25) is 0 Å². The molecule has 1 N–H and O–H groups in total. The number of fused-ring (bicyclic) bond motifs is 1. The molecule has 4 aromatic rings. The maximum atomic E-state index is 14.1. The summed E-state index contributed by atoms with van der Waals surface area (Å²) in [6.45, 7) is -0.197. The monoisotopic (exact) mass is 531 g/mol. The van der Waals surface area contributed by atoms with E-state index in [1.165, 1.54) is 48.1 Å². The summed E-state index contributed by atoms with van der Waals surface area (Å²) in [5.74, 6) is -0.511. The van der Waals surface area contributed by atoms with Crippen molar-refractivity contribution in [3.8, 4) is 11.5 Å². The van der Waals surface area contributed by atoms with Gasteiger partial charge in [0.2, 0.25) is 11.8 Å². The van der Waals surface area contributed by atoms with Crippen LogP contribution >= 0.6 is 0 Å². The Bertz CT molecular complexity index is 1470. The molecule has 1 atom stereocenters. The Morgan fingerprint density at radius 2 is 1.77 bits per heavy atom. The smallest absolute Gasteiger partial charge is 0.249 e. The van der Waals surface area contributed by atoms with Gasteiger partial charge in [-0.2, -0.15) is 0 Å². The number of rotatable bonds is 9. The molecule has 10 heteroatoms. The second kappa shape index (κ2) is 11.5. The van der Waals surface area contributed by atoms with Gasteiger partial charge in [0.1, 0.15) is 23.9 Å². The molecule has 1 saturated carbocycles. The van der Waals surface area contributed by atoms with Gasteiger partial charge in [0, 0.05) is 17.3 Å². The van der Waals surface area contributed by atoms with Gasteiger partial charge in [-0.1, -0.05) is 42.3 Å². The van der Waals surface area contributed by atoms with Gasteiger partial charge in [0.05, 0.1) is 19.7 Å². The Balaban J connectivity index is 1.63. The number of methoxy groups -OCH3 is 2. The summed E-state index contributed by atoms with van der Waals surface area (Å²) in [6.07, 6.45) is 3.78. The lowest BCUT2D eigenvalue weighted by Gasteiger charge is -2.33. The van der Waals surface area contributed by atoms with E-state index in [4.69, 9.17) is 9.47 Å². The molecule has 0 radical (unpaired) electrons. The lowest BCUT2D eigenvalue weighted by molar-refractivity contribution is -0.127. The number of carbonyl (C=O) groups is 2. The van der Waals surface area contributed by atoms with Crippen molar-refractivity contribution in [3.63, 3.8) is 0 Å². The summed E-state index contributed by atoms with van der Waals surface area (Å²) in [5.41, 5.74) is 2.11. The average molecular weight is 532 g/mol. The van der Waals surface area contributed by atoms with Crippen molar-refractivity contribution in [3.05, 3.63) is 78.1 Å². The number of nitrogens with zero attached hydrogens (tertiary/aromatic N) is 4. The normalized spacial score (nSPS) is 14.2. The lowest BCUT2D eigenvalue weighted by atomic mass is 10.00. The fourth-order valence-corrected chi connectivity index (χ4v) is 5.15. The zero-order chi connectivity index (χ0) is 27.4. The van der Waals surface area contributed by atoms with Crippen LogP contribution in [0.3, 0.4) is 0 Å². The number of benzene rings is 3. The molecule has 0 spiro atoms. The third-order valence-electron chi connectivity index (χ3n) is 7.01. The van der Waals surface area contributed by atoms with E-state index in [1.807, 2.05) is 18.2 Å². The first-order valence-electron chi connectivity index (χ1n) is 12.9. The molecule has 1 aliphatic rings. The van der Waals surface area contributed by atoms with Crippen LogP contribution < -0.4 is 19.7 Å². The highest BCUT2D eigenvalue weighted by Crippen LogP contribution is 2.39. The van der Waals surface area contributed by atoms with E-state index in [-0.39, 0.29) is 18.5 Å². The highest BCUT2D eigenvalue weighted by molar-refractivity contribution is 6.02. The molecule has 0 aliphatic heterocycles. The zero-order valence-electron chi connectivity index (χ0n) is 21.8. The third kappa shape index (κ3) is 5.41. The van der Waals surface area contributed by atoms with Crippen molar-refractivity contribution >= 4 is 28.5 Å². The number of anilines is 1. The Morgan fingerprint density at radius 3 is 2.49 bits per heavy atom. The molecule has 5 rings (SSSR count). The van der Waals surface area contributed by atoms with Gasteiger partial charge in [0.25, 0.3) is 0 Å². The van der Waals surface area contributed by atoms with Crippen LogP contribution in [0, 0.1) is 5.82 Å². The molecular formula is C29H30FN5O4. The molecule has 9 nitrogen and oxygen atoms in total. The molecule has 1 fully saturated rings. The standard InChI is InChI=1S/C29H30FN5O4/c1-38-25-13-7-10-22(28(25)39-2)27(29(37)31-20-8-3-4-9-20)35(21-16-14-19(30)15-17-21)26(36)18-34-24-12-6-5-11-23(24)32-33-34/h5-7,10-17,20,27H,3-4,8-9,18H2,1-2H3,(H,31,37)/t27-/m0/s1. The number of hydrogen-bond donors (Lipinski definition) is 1. The highest BCUT2D eigenvalue weighted by Gasteiger charge is 2.37. The van der Waals surface area contributed by atoms with Gasteiger partial charge < -0.3 is 14.8 Å². The predicted molar refractivity (Wildman–Crippen MR) is 144 cm³/mol. The van der Waals surface area contributed by atoms with Crippen LogP contribution in [0.4, 0.5) is 10.1 Å². The minimum Gasteiger partial charge on any atom is -0.493 e. The first kappa shape index (κ1) is 26.1. The number of amides is 2. The molecule has 2 amide bonds. The first-order chi connectivity index (χ1) is 19.0. The number of ether oxygens (including phenoxy) is 2. The topological polar surface area (TPSA) is 98.6 Å². The maximum Gasteiger partial charge on any atom is 0.249 e. The number of halogens is 1. The summed E-state index contributed by atoms with van der Waals surface area (Å²) in [6, 6.07) is 16.8. The summed E-state index contributed by atoms with van der Waals surface area (Å²) in [4.78, 5) is 29.6. The molecule has 1 aromatic heterocycles. The van der Waals surface area contributed by atoms with Crippen molar-refractivity contribution in [2.24, 2.45) is 0 Å². The van der Waals surface area contributed by atoms with Crippen LogP contribution in [0.5, 0.6) is 11.5 Å². The molecule has 0 bridgehead atoms. The molecule has 0 unspecified atom stereocenters. The predicted octanol–water partition coefficient (Wildman–Crippen LogP) is 4.42. The van der Waals surface area contributed by atoms with Crippen LogP contribution in [-0.4, -0.2) is 47.1 Å². The Kier molecular flexibility index (Phi) is 7.72. The molecule has 0 saturated heterocycles. The summed E-state index contributed by atoms with van der Waals surface area (Å²) in [5, 5.41) is 11.4. The molecule has 1 aliphatic carbocycles. The van der Waals surface area contributed by atoms with E-state index in [0.29, 0.717) is 33.8 Å². The molecule has 202 valence electrons. The second-order valence-electron chi connectivity index (χ2n) is 9.45. The maximum absolute atomic E-state index is 14.1. The van der Waals surface area contributed by atoms with Crippen LogP contribution in [0.15, 0.2) is 66.7 Å². The van der Waals surface area contributed by atoms with Gasteiger partial charge in [-0.25, -0.2) is 9.07 Å². The molecule has 3 aromatic carbocycles. The van der Waals surface area contributed by atoms with Crippen molar-refractivity contribution in [1.82, 2.24) is 20.3 Å². The van der Waals surface area contributed by atoms with E-state index in [1.54, 1.807) is 24.3 Å². The molecular weight excluding hydrogens is 501 g/mol. The Morgan fingerprint density at radius 1 is 1.03 bits per heavy atom. The quantitative estimate of drug-likeness (QED) is 0.343. The minimum absolute atomic E-state index is 0.000955. The minimum atomic E-state index is -1.14. The SMILES string of the molecule is COc1cccc([C@@H](C(=O)NC2CCCC2)N(C(=O)Cn2nnc3ccccc32)c2ccc(F)cc2)c1OC. The molecule has 39 heavy (non-hydrogen) atoms. The first-order valence-corrected chi connectivity index (χ1v) is 12.9. The number of carbonyl (C=O) groups excluding carboxylic acids is 2. The molecule has 1 heterocycles. The van der Waals surface area contributed by atoms with Gasteiger partial charge in [-0.15, -0.1) is 5.10 Å². The van der Waals surface area contributed by atoms with Crippen LogP contribution in [0.1, 0.15) is 37.3 Å². The van der Waals surface area contributed by atoms with Crippen LogP contribution in [0.25, 0.3) is 11.0 Å². The largest absolute Gasteiger partial charge is 0.493 e. The summed E-state index contributed by atoms with van der Waals surface area (Å²) < 4.78 is 26.6. The van der Waals surface area contributed by atoms with E-state index >= 15 is 0 Å².